The Morgan fingerprint density at radius 3 is 2.64 bits per heavy atom. The van der Waals surface area contributed by atoms with Crippen molar-refractivity contribution in [2.75, 3.05) is 17.2 Å². The molecule has 0 saturated carbocycles. The molecule has 0 atom stereocenters. The van der Waals surface area contributed by atoms with Crippen LogP contribution in [-0.4, -0.2) is 27.2 Å². The second-order valence-corrected chi connectivity index (χ2v) is 4.80. The smallest absolute Gasteiger partial charge is 0.358 e. The quantitative estimate of drug-likeness (QED) is 0.653. The first-order chi connectivity index (χ1) is 10.7. The minimum atomic E-state index is -0.424. The Bertz CT molecular complexity index is 655. The molecule has 0 aliphatic carbocycles. The number of esters is 1. The SMILES string of the molecule is CCOC(=O)c1c(NC(=S)Nc2ccccc2)ncn1CC. The number of thiocarbonyl (C=S) groups is 1. The van der Waals surface area contributed by atoms with Gasteiger partial charge in [0.1, 0.15) is 0 Å². The first kappa shape index (κ1) is 16.0. The predicted molar refractivity (Wildman–Crippen MR) is 90.1 cm³/mol. The van der Waals surface area contributed by atoms with Crippen LogP contribution in [0.15, 0.2) is 36.7 Å². The molecule has 2 rings (SSSR count). The lowest BCUT2D eigenvalue weighted by atomic mass is 10.3. The van der Waals surface area contributed by atoms with Crippen molar-refractivity contribution in [3.63, 3.8) is 0 Å². The van der Waals surface area contributed by atoms with Crippen molar-refractivity contribution in [2.24, 2.45) is 0 Å². The number of nitrogens with one attached hydrogen (secondary N) is 2. The Hall–Kier alpha value is -2.41. The number of ether oxygens (including phenoxy) is 1. The third kappa shape index (κ3) is 3.82. The number of imidazole rings is 1. The minimum Gasteiger partial charge on any atom is -0.461 e. The summed E-state index contributed by atoms with van der Waals surface area (Å²) < 4.78 is 6.78. The summed E-state index contributed by atoms with van der Waals surface area (Å²) in [5, 5.41) is 6.33. The van der Waals surface area contributed by atoms with Gasteiger partial charge in [0.2, 0.25) is 0 Å². The number of aromatic nitrogens is 2. The van der Waals surface area contributed by atoms with Crippen molar-refractivity contribution < 1.29 is 9.53 Å². The normalized spacial score (nSPS) is 10.1. The summed E-state index contributed by atoms with van der Waals surface area (Å²) in [5.41, 5.74) is 1.22. The van der Waals surface area contributed by atoms with Crippen molar-refractivity contribution in [1.29, 1.82) is 0 Å². The van der Waals surface area contributed by atoms with Gasteiger partial charge in [0.25, 0.3) is 0 Å². The summed E-state index contributed by atoms with van der Waals surface area (Å²) in [6.07, 6.45) is 1.58. The summed E-state index contributed by atoms with van der Waals surface area (Å²) >= 11 is 5.25. The zero-order valence-electron chi connectivity index (χ0n) is 12.5. The maximum absolute atomic E-state index is 12.1. The molecule has 0 spiro atoms. The van der Waals surface area contributed by atoms with Gasteiger partial charge in [-0.3, -0.25) is 0 Å². The van der Waals surface area contributed by atoms with E-state index in [2.05, 4.69) is 15.6 Å². The Labute approximate surface area is 134 Å². The Morgan fingerprint density at radius 2 is 2.00 bits per heavy atom. The molecule has 0 amide bonds. The Kier molecular flexibility index (Phi) is 5.48. The van der Waals surface area contributed by atoms with Crippen molar-refractivity contribution in [3.8, 4) is 0 Å². The van der Waals surface area contributed by atoms with E-state index in [1.807, 2.05) is 37.3 Å². The highest BCUT2D eigenvalue weighted by molar-refractivity contribution is 7.80. The number of carbonyl (C=O) groups is 1. The highest BCUT2D eigenvalue weighted by atomic mass is 32.1. The highest BCUT2D eigenvalue weighted by Gasteiger charge is 2.20. The summed E-state index contributed by atoms with van der Waals surface area (Å²) in [4.78, 5) is 16.3. The molecular weight excluding hydrogens is 300 g/mol. The maximum atomic E-state index is 12.1. The number of hydrogen-bond acceptors (Lipinski definition) is 4. The molecule has 0 fully saturated rings. The topological polar surface area (TPSA) is 68.2 Å². The van der Waals surface area contributed by atoms with E-state index < -0.39 is 5.97 Å². The van der Waals surface area contributed by atoms with Crippen LogP contribution in [0, 0.1) is 0 Å². The fraction of sp³-hybridized carbons (Fsp3) is 0.267. The lowest BCUT2D eigenvalue weighted by molar-refractivity contribution is 0.0515. The highest BCUT2D eigenvalue weighted by Crippen LogP contribution is 2.16. The molecule has 2 aromatic rings. The Balaban J connectivity index is 2.13. The van der Waals surface area contributed by atoms with Crippen molar-refractivity contribution in [1.82, 2.24) is 9.55 Å². The monoisotopic (exact) mass is 318 g/mol. The minimum absolute atomic E-state index is 0.305. The zero-order valence-corrected chi connectivity index (χ0v) is 13.3. The van der Waals surface area contributed by atoms with Gasteiger partial charge < -0.3 is 19.9 Å². The first-order valence-corrected chi connectivity index (χ1v) is 7.41. The molecule has 116 valence electrons. The van der Waals surface area contributed by atoms with Gasteiger partial charge in [-0.05, 0) is 38.2 Å². The van der Waals surface area contributed by atoms with E-state index in [1.54, 1.807) is 17.8 Å². The van der Waals surface area contributed by atoms with Gasteiger partial charge in [0.05, 0.1) is 12.9 Å². The van der Waals surface area contributed by atoms with E-state index in [9.17, 15) is 4.79 Å². The van der Waals surface area contributed by atoms with Crippen LogP contribution in [0.2, 0.25) is 0 Å². The van der Waals surface area contributed by atoms with Gasteiger partial charge in [-0.2, -0.15) is 0 Å². The van der Waals surface area contributed by atoms with Gasteiger partial charge in [0.15, 0.2) is 16.6 Å². The predicted octanol–water partition coefficient (Wildman–Crippen LogP) is 2.89. The fourth-order valence-electron chi connectivity index (χ4n) is 1.92. The number of anilines is 2. The van der Waals surface area contributed by atoms with Crippen molar-refractivity contribution in [2.45, 2.75) is 20.4 Å². The Morgan fingerprint density at radius 1 is 1.27 bits per heavy atom. The molecule has 0 bridgehead atoms. The number of rotatable bonds is 5. The molecule has 0 unspecified atom stereocenters. The van der Waals surface area contributed by atoms with Crippen LogP contribution in [0.5, 0.6) is 0 Å². The fourth-order valence-corrected chi connectivity index (χ4v) is 2.13. The zero-order chi connectivity index (χ0) is 15.9. The molecule has 7 heteroatoms. The number of aryl methyl sites for hydroxylation is 1. The van der Waals surface area contributed by atoms with Gasteiger partial charge in [-0.15, -0.1) is 0 Å². The second-order valence-electron chi connectivity index (χ2n) is 4.39. The van der Waals surface area contributed by atoms with Crippen LogP contribution in [0.25, 0.3) is 0 Å². The molecule has 0 radical (unpaired) electrons. The summed E-state index contributed by atoms with van der Waals surface area (Å²) in [7, 11) is 0. The standard InChI is InChI=1S/C15H18N4O2S/c1-3-19-10-16-13(12(19)14(20)21-4-2)18-15(22)17-11-8-6-5-7-9-11/h5-10H,3-4H2,1-2H3,(H2,17,18,22). The van der Waals surface area contributed by atoms with E-state index in [4.69, 9.17) is 17.0 Å². The van der Waals surface area contributed by atoms with E-state index in [1.165, 1.54) is 0 Å². The lowest BCUT2D eigenvalue weighted by Crippen LogP contribution is -2.22. The average Bonchev–Trinajstić information content (AvgIpc) is 2.91. The second kappa shape index (κ2) is 7.56. The largest absolute Gasteiger partial charge is 0.461 e. The maximum Gasteiger partial charge on any atom is 0.358 e. The van der Waals surface area contributed by atoms with Gasteiger partial charge in [0, 0.05) is 12.2 Å². The van der Waals surface area contributed by atoms with Gasteiger partial charge >= 0.3 is 5.97 Å². The number of benzene rings is 1. The molecule has 6 nitrogen and oxygen atoms in total. The summed E-state index contributed by atoms with van der Waals surface area (Å²) in [6.45, 7) is 4.61. The van der Waals surface area contributed by atoms with Gasteiger partial charge in [-0.1, -0.05) is 18.2 Å². The molecular formula is C15H18N4O2S. The van der Waals surface area contributed by atoms with Crippen molar-refractivity contribution >= 4 is 34.8 Å². The van der Waals surface area contributed by atoms with E-state index in [0.717, 1.165) is 5.69 Å². The lowest BCUT2D eigenvalue weighted by Gasteiger charge is -2.11. The van der Waals surface area contributed by atoms with E-state index in [0.29, 0.717) is 29.8 Å². The third-order valence-corrected chi connectivity index (χ3v) is 3.11. The molecule has 1 aromatic heterocycles. The molecule has 22 heavy (non-hydrogen) atoms. The van der Waals surface area contributed by atoms with Crippen LogP contribution in [-0.2, 0) is 11.3 Å². The van der Waals surface area contributed by atoms with Crippen LogP contribution in [0.4, 0.5) is 11.5 Å². The molecule has 1 aromatic carbocycles. The van der Waals surface area contributed by atoms with Crippen molar-refractivity contribution in [3.05, 3.63) is 42.4 Å². The number of hydrogen-bond donors (Lipinski definition) is 2. The first-order valence-electron chi connectivity index (χ1n) is 7.01. The van der Waals surface area contributed by atoms with Crippen LogP contribution in [0.1, 0.15) is 24.3 Å². The summed E-state index contributed by atoms with van der Waals surface area (Å²) in [6, 6.07) is 9.51. The molecule has 0 saturated heterocycles. The number of carbonyl (C=O) groups excluding carboxylic acids is 1. The molecule has 1 heterocycles. The van der Waals surface area contributed by atoms with E-state index >= 15 is 0 Å². The molecule has 0 aliphatic heterocycles. The third-order valence-electron chi connectivity index (χ3n) is 2.91. The van der Waals surface area contributed by atoms with Crippen LogP contribution < -0.4 is 10.6 Å². The molecule has 2 N–H and O–H groups in total. The van der Waals surface area contributed by atoms with Crippen LogP contribution in [0.3, 0.4) is 0 Å². The van der Waals surface area contributed by atoms with E-state index in [-0.39, 0.29) is 0 Å². The molecule has 0 aliphatic rings. The number of para-hydroxylation sites is 1. The number of nitrogens with zero attached hydrogens (tertiary/aromatic N) is 2. The van der Waals surface area contributed by atoms with Gasteiger partial charge in [-0.25, -0.2) is 9.78 Å². The average molecular weight is 318 g/mol. The van der Waals surface area contributed by atoms with Crippen LogP contribution >= 0.6 is 12.2 Å². The summed E-state index contributed by atoms with van der Waals surface area (Å²) in [5.74, 6) is -0.0411.